The molecule has 1 aliphatic rings. The molecule has 0 aromatic heterocycles. The van der Waals surface area contributed by atoms with Crippen LogP contribution < -0.4 is 9.62 Å². The average Bonchev–Trinajstić information content (AvgIpc) is 3.30. The van der Waals surface area contributed by atoms with Gasteiger partial charge in [0.15, 0.2) is 0 Å². The number of amides is 2. The lowest BCUT2D eigenvalue weighted by Gasteiger charge is -2.33. The van der Waals surface area contributed by atoms with Gasteiger partial charge in [0.05, 0.1) is 11.9 Å². The van der Waals surface area contributed by atoms with Crippen molar-refractivity contribution >= 4 is 43.5 Å². The van der Waals surface area contributed by atoms with E-state index in [1.807, 2.05) is 38.1 Å². The molecule has 1 N–H and O–H groups in total. The Hall–Kier alpha value is -2.39. The fraction of sp³-hybridized carbons (Fsp3) is 0.462. The molecule has 190 valence electrons. The molecule has 1 saturated carbocycles. The number of hydrogen-bond donors (Lipinski definition) is 1. The van der Waals surface area contributed by atoms with Crippen molar-refractivity contribution in [2.24, 2.45) is 0 Å². The van der Waals surface area contributed by atoms with Crippen molar-refractivity contribution in [3.05, 3.63) is 64.1 Å². The zero-order valence-corrected chi connectivity index (χ0v) is 22.9. The van der Waals surface area contributed by atoms with E-state index in [2.05, 4.69) is 21.2 Å². The largest absolute Gasteiger partial charge is 0.352 e. The molecular weight excluding hydrogens is 530 g/mol. The fourth-order valence-electron chi connectivity index (χ4n) is 4.42. The summed E-state index contributed by atoms with van der Waals surface area (Å²) < 4.78 is 27.1. The van der Waals surface area contributed by atoms with Gasteiger partial charge in [-0.25, -0.2) is 8.42 Å². The topological polar surface area (TPSA) is 86.8 Å². The summed E-state index contributed by atoms with van der Waals surface area (Å²) in [6.45, 7) is 3.68. The van der Waals surface area contributed by atoms with Crippen LogP contribution in [0.5, 0.6) is 0 Å². The van der Waals surface area contributed by atoms with Crippen LogP contribution in [0.2, 0.25) is 0 Å². The van der Waals surface area contributed by atoms with E-state index in [0.717, 1.165) is 47.4 Å². The number of nitrogens with one attached hydrogen (secondary N) is 1. The number of carbonyl (C=O) groups excluding carboxylic acids is 2. The van der Waals surface area contributed by atoms with Crippen molar-refractivity contribution in [3.8, 4) is 0 Å². The van der Waals surface area contributed by atoms with E-state index in [0.29, 0.717) is 16.6 Å². The number of carbonyl (C=O) groups is 2. The lowest BCUT2D eigenvalue weighted by molar-refractivity contribution is -0.140. The van der Waals surface area contributed by atoms with Crippen LogP contribution in [0.4, 0.5) is 5.69 Å². The summed E-state index contributed by atoms with van der Waals surface area (Å²) in [6, 6.07) is 14.0. The molecule has 2 aromatic carbocycles. The highest BCUT2D eigenvalue weighted by atomic mass is 79.9. The van der Waals surface area contributed by atoms with Gasteiger partial charge in [-0.05, 0) is 49.9 Å². The summed E-state index contributed by atoms with van der Waals surface area (Å²) in [5, 5.41) is 3.11. The third kappa shape index (κ3) is 7.54. The normalized spacial score (nSPS) is 15.0. The lowest BCUT2D eigenvalue weighted by atomic mass is 10.1. The van der Waals surface area contributed by atoms with Gasteiger partial charge in [0.1, 0.15) is 12.6 Å². The maximum Gasteiger partial charge on any atom is 0.244 e. The highest BCUT2D eigenvalue weighted by Crippen LogP contribution is 2.24. The van der Waals surface area contributed by atoms with E-state index in [9.17, 15) is 18.0 Å². The molecule has 1 atom stereocenters. The number of anilines is 1. The highest BCUT2D eigenvalue weighted by Gasteiger charge is 2.33. The molecule has 0 spiro atoms. The summed E-state index contributed by atoms with van der Waals surface area (Å²) in [5.74, 6) is -0.613. The number of hydrogen-bond acceptors (Lipinski definition) is 4. The van der Waals surface area contributed by atoms with Crippen LogP contribution >= 0.6 is 15.9 Å². The minimum absolute atomic E-state index is 0.127. The van der Waals surface area contributed by atoms with E-state index in [-0.39, 0.29) is 18.5 Å². The number of halogens is 1. The van der Waals surface area contributed by atoms with Gasteiger partial charge in [-0.15, -0.1) is 0 Å². The average molecular weight is 565 g/mol. The number of benzene rings is 2. The van der Waals surface area contributed by atoms with Crippen LogP contribution in [0.1, 0.15) is 50.2 Å². The Kier molecular flexibility index (Phi) is 9.35. The summed E-state index contributed by atoms with van der Waals surface area (Å²) in [4.78, 5) is 28.5. The number of sulfonamides is 1. The first-order valence-electron chi connectivity index (χ1n) is 12.0. The summed E-state index contributed by atoms with van der Waals surface area (Å²) >= 11 is 3.37. The van der Waals surface area contributed by atoms with Crippen molar-refractivity contribution in [1.29, 1.82) is 0 Å². The first kappa shape index (κ1) is 27.2. The molecule has 0 heterocycles. The van der Waals surface area contributed by atoms with Crippen LogP contribution in [0.3, 0.4) is 0 Å². The molecule has 35 heavy (non-hydrogen) atoms. The van der Waals surface area contributed by atoms with Gasteiger partial charge in [-0.3, -0.25) is 13.9 Å². The van der Waals surface area contributed by atoms with E-state index in [1.165, 1.54) is 4.90 Å². The smallest absolute Gasteiger partial charge is 0.244 e. The molecule has 7 nitrogen and oxygen atoms in total. The highest BCUT2D eigenvalue weighted by molar-refractivity contribution is 9.10. The van der Waals surface area contributed by atoms with Crippen LogP contribution in [0.15, 0.2) is 53.0 Å². The molecular formula is C26H34BrN3O4S. The molecule has 2 amide bonds. The predicted octanol–water partition coefficient (Wildman–Crippen LogP) is 4.39. The van der Waals surface area contributed by atoms with Crippen LogP contribution in [0.25, 0.3) is 0 Å². The maximum atomic E-state index is 13.7. The van der Waals surface area contributed by atoms with Crippen LogP contribution in [-0.2, 0) is 26.2 Å². The Balaban J connectivity index is 1.91. The van der Waals surface area contributed by atoms with Crippen molar-refractivity contribution in [2.75, 3.05) is 17.1 Å². The summed E-state index contributed by atoms with van der Waals surface area (Å²) in [6.07, 6.45) is 5.56. The van der Waals surface area contributed by atoms with Crippen LogP contribution in [0, 0.1) is 6.92 Å². The molecule has 0 bridgehead atoms. The second-order valence-corrected chi connectivity index (χ2v) is 12.0. The molecule has 0 aliphatic heterocycles. The van der Waals surface area contributed by atoms with Gasteiger partial charge in [0.2, 0.25) is 21.8 Å². The van der Waals surface area contributed by atoms with Crippen molar-refractivity contribution in [3.63, 3.8) is 0 Å². The number of aryl methyl sites for hydroxylation is 1. The Labute approximate surface area is 217 Å². The van der Waals surface area contributed by atoms with Crippen molar-refractivity contribution in [1.82, 2.24) is 10.2 Å². The monoisotopic (exact) mass is 563 g/mol. The second kappa shape index (κ2) is 12.0. The molecule has 1 fully saturated rings. The minimum atomic E-state index is -3.75. The van der Waals surface area contributed by atoms with Crippen molar-refractivity contribution in [2.45, 2.75) is 64.6 Å². The Morgan fingerprint density at radius 2 is 1.77 bits per heavy atom. The van der Waals surface area contributed by atoms with Gasteiger partial charge in [-0.1, -0.05) is 71.6 Å². The predicted molar refractivity (Wildman–Crippen MR) is 143 cm³/mol. The maximum absolute atomic E-state index is 13.7. The quantitative estimate of drug-likeness (QED) is 0.464. The zero-order chi connectivity index (χ0) is 25.6. The third-order valence-corrected chi connectivity index (χ3v) is 7.97. The first-order valence-corrected chi connectivity index (χ1v) is 14.6. The molecule has 0 saturated heterocycles. The standard InChI is InChI=1S/C26H34BrN3O4S/c1-4-24(26(32)28-22-9-5-6-10-22)29(17-20-14-12-19(2)13-15-20)25(31)18-30(35(3,33)34)23-11-7-8-21(27)16-23/h7-8,11-16,22,24H,4-6,9-10,17-18H2,1-3H3,(H,28,32)/t24-/m0/s1. The van der Waals surface area contributed by atoms with Gasteiger partial charge < -0.3 is 10.2 Å². The molecule has 3 rings (SSSR count). The molecule has 2 aromatic rings. The third-order valence-electron chi connectivity index (χ3n) is 6.34. The van der Waals surface area contributed by atoms with Gasteiger partial charge in [0, 0.05) is 17.1 Å². The lowest BCUT2D eigenvalue weighted by Crippen LogP contribution is -2.53. The minimum Gasteiger partial charge on any atom is -0.352 e. The first-order chi connectivity index (χ1) is 16.6. The summed E-state index contributed by atoms with van der Waals surface area (Å²) in [5.41, 5.74) is 2.36. The molecule has 1 aliphatic carbocycles. The SMILES string of the molecule is CC[C@@H](C(=O)NC1CCCC1)N(Cc1ccc(C)cc1)C(=O)CN(c1cccc(Br)c1)S(C)(=O)=O. The van der Waals surface area contributed by atoms with Crippen LogP contribution in [-0.4, -0.2) is 50.0 Å². The summed E-state index contributed by atoms with van der Waals surface area (Å²) in [7, 11) is -3.75. The van der Waals surface area contributed by atoms with Gasteiger partial charge in [0.25, 0.3) is 0 Å². The number of nitrogens with zero attached hydrogens (tertiary/aromatic N) is 2. The van der Waals surface area contributed by atoms with Gasteiger partial charge >= 0.3 is 0 Å². The zero-order valence-electron chi connectivity index (χ0n) is 20.5. The second-order valence-electron chi connectivity index (χ2n) is 9.17. The van der Waals surface area contributed by atoms with E-state index < -0.39 is 28.5 Å². The van der Waals surface area contributed by atoms with E-state index in [1.54, 1.807) is 24.3 Å². The molecule has 0 unspecified atom stereocenters. The Morgan fingerprint density at radius 3 is 2.34 bits per heavy atom. The Bertz CT molecular complexity index is 1130. The van der Waals surface area contributed by atoms with Crippen molar-refractivity contribution < 1.29 is 18.0 Å². The fourth-order valence-corrected chi connectivity index (χ4v) is 5.65. The van der Waals surface area contributed by atoms with Gasteiger partial charge in [-0.2, -0.15) is 0 Å². The molecule has 9 heteroatoms. The molecule has 0 radical (unpaired) electrons. The van der Waals surface area contributed by atoms with E-state index >= 15 is 0 Å². The number of rotatable bonds is 10. The van der Waals surface area contributed by atoms with E-state index in [4.69, 9.17) is 0 Å². The Morgan fingerprint density at radius 1 is 1.11 bits per heavy atom.